The number of nitrogens with zero attached hydrogens (tertiary/aromatic N) is 3. The lowest BCUT2D eigenvalue weighted by atomic mass is 9.94. The van der Waals surface area contributed by atoms with Crippen molar-refractivity contribution in [1.29, 1.82) is 0 Å². The minimum atomic E-state index is -0.660. The second-order valence-electron chi connectivity index (χ2n) is 7.50. The van der Waals surface area contributed by atoms with Crippen LogP contribution in [0.2, 0.25) is 0 Å². The number of pyridine rings is 1. The number of likely N-dealkylation sites (tertiary alicyclic amines) is 1. The third kappa shape index (κ3) is 3.33. The SMILES string of the molecule is NCC1CCN(C(=O)[C@H]2OCC(=O)N(C3CC3)[C@@H]2c2cccnc2)CC1. The molecule has 1 aliphatic carbocycles. The van der Waals surface area contributed by atoms with Crippen LogP contribution in [0.3, 0.4) is 0 Å². The van der Waals surface area contributed by atoms with E-state index in [1.165, 1.54) is 0 Å². The van der Waals surface area contributed by atoms with E-state index in [-0.39, 0.29) is 24.5 Å². The number of amides is 2. The zero-order chi connectivity index (χ0) is 18.1. The molecule has 7 heteroatoms. The van der Waals surface area contributed by atoms with Gasteiger partial charge in [0.05, 0.1) is 6.04 Å². The van der Waals surface area contributed by atoms with E-state index in [2.05, 4.69) is 4.98 Å². The van der Waals surface area contributed by atoms with Crippen molar-refractivity contribution in [3.05, 3.63) is 30.1 Å². The van der Waals surface area contributed by atoms with Gasteiger partial charge in [0, 0.05) is 31.5 Å². The van der Waals surface area contributed by atoms with Crippen LogP contribution in [0.15, 0.2) is 24.5 Å². The third-order valence-electron chi connectivity index (χ3n) is 5.73. The van der Waals surface area contributed by atoms with Crippen LogP contribution in [-0.4, -0.2) is 65.0 Å². The Hall–Kier alpha value is -1.99. The molecule has 140 valence electrons. The Morgan fingerprint density at radius 2 is 2.04 bits per heavy atom. The fourth-order valence-corrected chi connectivity index (χ4v) is 4.07. The maximum Gasteiger partial charge on any atom is 0.254 e. The molecule has 0 aromatic carbocycles. The number of hydrogen-bond donors (Lipinski definition) is 1. The molecule has 3 heterocycles. The maximum absolute atomic E-state index is 13.2. The molecule has 2 N–H and O–H groups in total. The Bertz CT molecular complexity index is 656. The van der Waals surface area contributed by atoms with Crippen LogP contribution in [0.25, 0.3) is 0 Å². The van der Waals surface area contributed by atoms with Gasteiger partial charge in [-0.3, -0.25) is 14.6 Å². The molecule has 1 aromatic heterocycles. The van der Waals surface area contributed by atoms with E-state index in [0.717, 1.165) is 31.2 Å². The molecule has 0 radical (unpaired) electrons. The first-order valence-electron chi connectivity index (χ1n) is 9.50. The number of carbonyl (C=O) groups is 2. The van der Waals surface area contributed by atoms with E-state index in [1.54, 1.807) is 12.4 Å². The van der Waals surface area contributed by atoms with Crippen LogP contribution in [0.5, 0.6) is 0 Å². The van der Waals surface area contributed by atoms with Crippen molar-refractivity contribution < 1.29 is 14.3 Å². The highest BCUT2D eigenvalue weighted by atomic mass is 16.5. The number of piperidine rings is 1. The van der Waals surface area contributed by atoms with Gasteiger partial charge in [0.15, 0.2) is 6.10 Å². The fraction of sp³-hybridized carbons (Fsp3) is 0.632. The summed E-state index contributed by atoms with van der Waals surface area (Å²) >= 11 is 0. The van der Waals surface area contributed by atoms with E-state index in [4.69, 9.17) is 10.5 Å². The number of carbonyl (C=O) groups excluding carboxylic acids is 2. The maximum atomic E-state index is 13.2. The van der Waals surface area contributed by atoms with Gasteiger partial charge in [-0.05, 0) is 49.8 Å². The normalized spacial score (nSPS) is 27.7. The average molecular weight is 358 g/mol. The van der Waals surface area contributed by atoms with Gasteiger partial charge < -0.3 is 20.3 Å². The fourth-order valence-electron chi connectivity index (χ4n) is 4.07. The molecule has 2 aliphatic heterocycles. The Morgan fingerprint density at radius 1 is 1.27 bits per heavy atom. The third-order valence-corrected chi connectivity index (χ3v) is 5.73. The van der Waals surface area contributed by atoms with Gasteiger partial charge in [-0.1, -0.05) is 6.07 Å². The van der Waals surface area contributed by atoms with Crippen LogP contribution < -0.4 is 5.73 Å². The van der Waals surface area contributed by atoms with Crippen molar-refractivity contribution in [3.8, 4) is 0 Å². The molecule has 26 heavy (non-hydrogen) atoms. The van der Waals surface area contributed by atoms with Crippen LogP contribution in [0.4, 0.5) is 0 Å². The molecule has 2 atom stereocenters. The highest BCUT2D eigenvalue weighted by molar-refractivity contribution is 5.87. The standard InChI is InChI=1S/C19H26N4O3/c20-10-13-5-8-22(9-6-13)19(25)18-17(14-2-1-7-21-11-14)23(15-3-4-15)16(24)12-26-18/h1-2,7,11,13,15,17-18H,3-6,8-10,12,20H2/t17-,18+/m1/s1. The van der Waals surface area contributed by atoms with Crippen molar-refractivity contribution in [2.24, 2.45) is 11.7 Å². The van der Waals surface area contributed by atoms with Crippen molar-refractivity contribution in [1.82, 2.24) is 14.8 Å². The molecular formula is C19H26N4O3. The summed E-state index contributed by atoms with van der Waals surface area (Å²) in [5.41, 5.74) is 6.62. The summed E-state index contributed by atoms with van der Waals surface area (Å²) in [7, 11) is 0. The number of rotatable bonds is 4. The van der Waals surface area contributed by atoms with E-state index in [1.807, 2.05) is 21.9 Å². The highest BCUT2D eigenvalue weighted by Crippen LogP contribution is 2.40. The van der Waals surface area contributed by atoms with Gasteiger partial charge in [-0.15, -0.1) is 0 Å². The molecule has 7 nitrogen and oxygen atoms in total. The van der Waals surface area contributed by atoms with Crippen molar-refractivity contribution in [2.75, 3.05) is 26.2 Å². The number of ether oxygens (including phenoxy) is 1. The lowest BCUT2D eigenvalue weighted by Crippen LogP contribution is -2.56. The molecule has 3 fully saturated rings. The smallest absolute Gasteiger partial charge is 0.254 e. The lowest BCUT2D eigenvalue weighted by Gasteiger charge is -2.43. The Balaban J connectivity index is 1.58. The minimum absolute atomic E-state index is 0.0209. The largest absolute Gasteiger partial charge is 0.356 e. The summed E-state index contributed by atoms with van der Waals surface area (Å²) in [6, 6.07) is 3.59. The molecule has 0 unspecified atom stereocenters. The topological polar surface area (TPSA) is 88.8 Å². The predicted octanol–water partition coefficient (Wildman–Crippen LogP) is 0.710. The summed E-state index contributed by atoms with van der Waals surface area (Å²) in [6.45, 7) is 2.06. The first-order valence-corrected chi connectivity index (χ1v) is 9.50. The number of morpholine rings is 1. The summed E-state index contributed by atoms with van der Waals surface area (Å²) in [4.78, 5) is 33.7. The van der Waals surface area contributed by atoms with Crippen molar-refractivity contribution >= 4 is 11.8 Å². The molecule has 0 bridgehead atoms. The number of hydrogen-bond acceptors (Lipinski definition) is 5. The summed E-state index contributed by atoms with van der Waals surface area (Å²) in [5.74, 6) is 0.435. The Labute approximate surface area is 153 Å². The van der Waals surface area contributed by atoms with Gasteiger partial charge in [0.2, 0.25) is 5.91 Å². The van der Waals surface area contributed by atoms with Crippen LogP contribution in [0, 0.1) is 5.92 Å². The van der Waals surface area contributed by atoms with Gasteiger partial charge in [0.1, 0.15) is 6.61 Å². The number of nitrogens with two attached hydrogens (primary N) is 1. The van der Waals surface area contributed by atoms with E-state index >= 15 is 0 Å². The lowest BCUT2D eigenvalue weighted by molar-refractivity contribution is -0.171. The zero-order valence-electron chi connectivity index (χ0n) is 14.9. The molecule has 2 saturated heterocycles. The monoisotopic (exact) mass is 358 g/mol. The predicted molar refractivity (Wildman–Crippen MR) is 94.9 cm³/mol. The first kappa shape index (κ1) is 17.4. The van der Waals surface area contributed by atoms with E-state index in [9.17, 15) is 9.59 Å². The van der Waals surface area contributed by atoms with Gasteiger partial charge in [0.25, 0.3) is 5.91 Å². The average Bonchev–Trinajstić information content (AvgIpc) is 3.53. The van der Waals surface area contributed by atoms with Gasteiger partial charge in [-0.25, -0.2) is 0 Å². The van der Waals surface area contributed by atoms with Crippen LogP contribution >= 0.6 is 0 Å². The summed E-state index contributed by atoms with van der Waals surface area (Å²) in [6.07, 6.45) is 6.62. The molecule has 4 rings (SSSR count). The van der Waals surface area contributed by atoms with Crippen molar-refractivity contribution in [2.45, 2.75) is 43.9 Å². The molecular weight excluding hydrogens is 332 g/mol. The summed E-state index contributed by atoms with van der Waals surface area (Å²) in [5, 5.41) is 0. The number of aromatic nitrogens is 1. The minimum Gasteiger partial charge on any atom is -0.356 e. The molecule has 0 spiro atoms. The second-order valence-corrected chi connectivity index (χ2v) is 7.50. The molecule has 1 aromatic rings. The Kier molecular flexibility index (Phi) is 4.91. The van der Waals surface area contributed by atoms with Gasteiger partial charge in [-0.2, -0.15) is 0 Å². The van der Waals surface area contributed by atoms with E-state index < -0.39 is 12.1 Å². The van der Waals surface area contributed by atoms with Crippen LogP contribution in [0.1, 0.15) is 37.3 Å². The highest BCUT2D eigenvalue weighted by Gasteiger charge is 2.48. The van der Waals surface area contributed by atoms with Gasteiger partial charge >= 0.3 is 0 Å². The molecule has 1 saturated carbocycles. The Morgan fingerprint density at radius 3 is 2.65 bits per heavy atom. The zero-order valence-corrected chi connectivity index (χ0v) is 14.9. The molecule has 3 aliphatic rings. The van der Waals surface area contributed by atoms with Crippen LogP contribution in [-0.2, 0) is 14.3 Å². The summed E-state index contributed by atoms with van der Waals surface area (Å²) < 4.78 is 5.80. The second kappa shape index (κ2) is 7.32. The molecule has 2 amide bonds. The van der Waals surface area contributed by atoms with E-state index in [0.29, 0.717) is 25.6 Å². The van der Waals surface area contributed by atoms with Crippen molar-refractivity contribution in [3.63, 3.8) is 0 Å². The quantitative estimate of drug-likeness (QED) is 0.856. The first-order chi connectivity index (χ1) is 12.7.